The topological polar surface area (TPSA) is 97.4 Å². The molecule has 4 heterocycles. The zero-order valence-corrected chi connectivity index (χ0v) is 21.9. The van der Waals surface area contributed by atoms with Crippen LogP contribution in [0, 0.1) is 13.8 Å². The average Bonchev–Trinajstić information content (AvgIpc) is 3.48. The van der Waals surface area contributed by atoms with E-state index < -0.39 is 0 Å². The minimum atomic E-state index is -0.173. The van der Waals surface area contributed by atoms with Crippen molar-refractivity contribution in [1.82, 2.24) is 14.5 Å². The highest BCUT2D eigenvalue weighted by atomic mass is 32.2. The number of aromatic nitrogens is 2. The van der Waals surface area contributed by atoms with Gasteiger partial charge >= 0.3 is 0 Å². The van der Waals surface area contributed by atoms with Gasteiger partial charge < -0.3 is 14.6 Å². The second-order valence-corrected chi connectivity index (χ2v) is 10.9. The Morgan fingerprint density at radius 1 is 1.25 bits per heavy atom. The van der Waals surface area contributed by atoms with Gasteiger partial charge in [0.15, 0.2) is 5.16 Å². The van der Waals surface area contributed by atoms with E-state index in [0.29, 0.717) is 40.6 Å². The summed E-state index contributed by atoms with van der Waals surface area (Å²) in [4.78, 5) is 46.6. The molecule has 3 aromatic heterocycles. The number of thiophene rings is 1. The van der Waals surface area contributed by atoms with Gasteiger partial charge in [0.05, 0.1) is 30.5 Å². The number of carbonyl (C=O) groups is 2. The lowest BCUT2D eigenvalue weighted by Gasteiger charge is -2.25. The molecule has 0 atom stereocenters. The zero-order valence-electron chi connectivity index (χ0n) is 20.3. The van der Waals surface area contributed by atoms with E-state index in [1.807, 2.05) is 38.1 Å². The maximum atomic E-state index is 13.7. The highest BCUT2D eigenvalue weighted by Crippen LogP contribution is 2.34. The molecular formula is C26H26N4O4S2. The number of thioether (sulfide) groups is 1. The molecular weight excluding hydrogens is 496 g/mol. The number of nitrogens with one attached hydrogen (secondary N) is 1. The van der Waals surface area contributed by atoms with E-state index in [0.717, 1.165) is 27.3 Å². The maximum Gasteiger partial charge on any atom is 0.263 e. The van der Waals surface area contributed by atoms with Crippen LogP contribution in [0.2, 0.25) is 0 Å². The molecule has 5 rings (SSSR count). The van der Waals surface area contributed by atoms with Crippen molar-refractivity contribution in [2.24, 2.45) is 0 Å². The molecule has 0 bridgehead atoms. The van der Waals surface area contributed by atoms with E-state index in [4.69, 9.17) is 9.40 Å². The van der Waals surface area contributed by atoms with Crippen molar-refractivity contribution in [2.75, 3.05) is 17.6 Å². The molecule has 0 fully saturated rings. The fraction of sp³-hybridized carbons (Fsp3) is 0.308. The molecule has 36 heavy (non-hydrogen) atoms. The predicted octanol–water partition coefficient (Wildman–Crippen LogP) is 4.35. The van der Waals surface area contributed by atoms with Crippen molar-refractivity contribution in [2.45, 2.75) is 45.4 Å². The monoisotopic (exact) mass is 522 g/mol. The lowest BCUT2D eigenvalue weighted by atomic mass is 10.1. The third-order valence-corrected chi connectivity index (χ3v) is 8.34. The van der Waals surface area contributed by atoms with Crippen molar-refractivity contribution >= 4 is 50.8 Å². The number of anilines is 1. The van der Waals surface area contributed by atoms with E-state index >= 15 is 0 Å². The SMILES string of the molecule is CC(=O)N1CCc2c(sc3nc(SCC(=O)Nc4ccc(C)cc4C)n(Cc4ccco4)c(=O)c23)C1. The summed E-state index contributed by atoms with van der Waals surface area (Å²) in [6.45, 7) is 6.82. The summed E-state index contributed by atoms with van der Waals surface area (Å²) in [6, 6.07) is 9.46. The van der Waals surface area contributed by atoms with Gasteiger partial charge in [-0.2, -0.15) is 0 Å². The number of carbonyl (C=O) groups excluding carboxylic acids is 2. The minimum absolute atomic E-state index is 0.0207. The molecule has 186 valence electrons. The summed E-state index contributed by atoms with van der Waals surface area (Å²) in [5.41, 5.74) is 3.71. The van der Waals surface area contributed by atoms with Gasteiger partial charge in [-0.05, 0) is 49.6 Å². The Labute approximate surface area is 216 Å². The summed E-state index contributed by atoms with van der Waals surface area (Å²) < 4.78 is 7.09. The molecule has 0 saturated carbocycles. The first-order valence-corrected chi connectivity index (χ1v) is 13.4. The van der Waals surface area contributed by atoms with E-state index in [9.17, 15) is 14.4 Å². The van der Waals surface area contributed by atoms with Crippen LogP contribution in [0.3, 0.4) is 0 Å². The second kappa shape index (κ2) is 9.94. The number of fused-ring (bicyclic) bond motifs is 3. The van der Waals surface area contributed by atoms with Crippen LogP contribution in [-0.4, -0.2) is 38.6 Å². The van der Waals surface area contributed by atoms with E-state index in [1.165, 1.54) is 23.1 Å². The highest BCUT2D eigenvalue weighted by molar-refractivity contribution is 7.99. The summed E-state index contributed by atoms with van der Waals surface area (Å²) in [7, 11) is 0. The molecule has 10 heteroatoms. The van der Waals surface area contributed by atoms with Crippen LogP contribution in [-0.2, 0) is 29.1 Å². The van der Waals surface area contributed by atoms with Gasteiger partial charge in [-0.3, -0.25) is 19.0 Å². The van der Waals surface area contributed by atoms with Crippen molar-refractivity contribution in [1.29, 1.82) is 0 Å². The van der Waals surface area contributed by atoms with E-state index in [2.05, 4.69) is 5.32 Å². The molecule has 8 nitrogen and oxygen atoms in total. The Kier molecular flexibility index (Phi) is 6.72. The molecule has 4 aromatic rings. The average molecular weight is 523 g/mol. The molecule has 1 N–H and O–H groups in total. The summed E-state index contributed by atoms with van der Waals surface area (Å²) in [6.07, 6.45) is 2.19. The molecule has 1 aromatic carbocycles. The van der Waals surface area contributed by atoms with Crippen LogP contribution in [0.25, 0.3) is 10.2 Å². The number of hydrogen-bond donors (Lipinski definition) is 1. The van der Waals surface area contributed by atoms with Crippen molar-refractivity contribution in [3.8, 4) is 0 Å². The number of amides is 2. The van der Waals surface area contributed by atoms with Gasteiger partial charge in [-0.25, -0.2) is 4.98 Å². The number of nitrogens with zero attached hydrogens (tertiary/aromatic N) is 3. The van der Waals surface area contributed by atoms with Crippen LogP contribution >= 0.6 is 23.1 Å². The van der Waals surface area contributed by atoms with Gasteiger partial charge in [0.2, 0.25) is 11.8 Å². The molecule has 1 aliphatic heterocycles. The number of rotatable bonds is 6. The fourth-order valence-corrected chi connectivity index (χ4v) is 6.48. The fourth-order valence-electron chi connectivity index (χ4n) is 4.40. The minimum Gasteiger partial charge on any atom is -0.467 e. The highest BCUT2D eigenvalue weighted by Gasteiger charge is 2.26. The Bertz CT molecular complexity index is 1520. The van der Waals surface area contributed by atoms with Gasteiger partial charge in [-0.15, -0.1) is 11.3 Å². The molecule has 0 aliphatic carbocycles. The Morgan fingerprint density at radius 2 is 2.08 bits per heavy atom. The largest absolute Gasteiger partial charge is 0.467 e. The molecule has 0 spiro atoms. The van der Waals surface area contributed by atoms with Crippen LogP contribution in [0.1, 0.15) is 34.3 Å². The molecule has 0 radical (unpaired) electrons. The van der Waals surface area contributed by atoms with Crippen molar-refractivity contribution < 1.29 is 14.0 Å². The number of furan rings is 1. The van der Waals surface area contributed by atoms with Crippen LogP contribution in [0.4, 0.5) is 5.69 Å². The van der Waals surface area contributed by atoms with Gasteiger partial charge in [0.1, 0.15) is 10.6 Å². The second-order valence-electron chi connectivity index (χ2n) is 8.89. The maximum absolute atomic E-state index is 13.7. The molecule has 0 saturated heterocycles. The van der Waals surface area contributed by atoms with Crippen molar-refractivity contribution in [3.63, 3.8) is 0 Å². The molecule has 2 amide bonds. The smallest absolute Gasteiger partial charge is 0.263 e. The molecule has 0 unspecified atom stereocenters. The molecule has 1 aliphatic rings. The summed E-state index contributed by atoms with van der Waals surface area (Å²) in [5.74, 6) is 0.583. The van der Waals surface area contributed by atoms with Crippen LogP contribution < -0.4 is 10.9 Å². The third kappa shape index (κ3) is 4.83. The summed E-state index contributed by atoms with van der Waals surface area (Å²) in [5, 5.41) is 4.02. The first-order chi connectivity index (χ1) is 17.3. The first kappa shape index (κ1) is 24.3. The normalized spacial score (nSPS) is 13.1. The van der Waals surface area contributed by atoms with Gasteiger partial charge in [-0.1, -0.05) is 29.5 Å². The predicted molar refractivity (Wildman–Crippen MR) is 142 cm³/mol. The third-order valence-electron chi connectivity index (χ3n) is 6.25. The number of hydrogen-bond acceptors (Lipinski definition) is 7. The van der Waals surface area contributed by atoms with Gasteiger partial charge in [0.25, 0.3) is 5.56 Å². The number of aryl methyl sites for hydroxylation is 2. The van der Waals surface area contributed by atoms with E-state index in [1.54, 1.807) is 28.7 Å². The number of benzene rings is 1. The summed E-state index contributed by atoms with van der Waals surface area (Å²) >= 11 is 2.68. The Hall–Kier alpha value is -3.37. The standard InChI is InChI=1S/C26H26N4O4S2/c1-15-6-7-20(16(2)11-15)27-22(32)14-35-26-28-24-23(25(33)30(26)12-18-5-4-10-34-18)19-8-9-29(17(3)31)13-21(19)36-24/h4-7,10-11H,8-9,12-14H2,1-3H3,(H,27,32). The lowest BCUT2D eigenvalue weighted by molar-refractivity contribution is -0.129. The van der Waals surface area contributed by atoms with Crippen molar-refractivity contribution in [3.05, 3.63) is 74.3 Å². The van der Waals surface area contributed by atoms with Gasteiger partial charge in [0, 0.05) is 24.0 Å². The zero-order chi connectivity index (χ0) is 25.4. The first-order valence-electron chi connectivity index (χ1n) is 11.6. The Morgan fingerprint density at radius 3 is 2.81 bits per heavy atom. The van der Waals surface area contributed by atoms with Crippen LogP contribution in [0.15, 0.2) is 51.0 Å². The van der Waals surface area contributed by atoms with E-state index in [-0.39, 0.29) is 29.7 Å². The lowest BCUT2D eigenvalue weighted by Crippen LogP contribution is -2.34. The quantitative estimate of drug-likeness (QED) is 0.299. The van der Waals surface area contributed by atoms with Crippen LogP contribution in [0.5, 0.6) is 0 Å². The Balaban J connectivity index is 1.46.